The monoisotopic (exact) mass is 293 g/mol. The van der Waals surface area contributed by atoms with Crippen LogP contribution in [0.3, 0.4) is 0 Å². The summed E-state index contributed by atoms with van der Waals surface area (Å²) < 4.78 is 4.65. The van der Waals surface area contributed by atoms with Gasteiger partial charge in [-0.2, -0.15) is 0 Å². The van der Waals surface area contributed by atoms with Crippen LogP contribution in [0.4, 0.5) is 0 Å². The van der Waals surface area contributed by atoms with E-state index in [2.05, 4.69) is 27.4 Å². The molecule has 0 fully saturated rings. The third-order valence-electron chi connectivity index (χ3n) is 1.87. The van der Waals surface area contributed by atoms with E-state index in [-0.39, 0.29) is 5.57 Å². The first kappa shape index (κ1) is 15.5. The molecule has 0 aromatic rings. The Hall–Kier alpha value is 0.00870. The summed E-state index contributed by atoms with van der Waals surface area (Å²) in [6.45, 7) is 11.6. The molecular formula is C10H21O2Sn. The number of carboxylic acid groups (broad SMARTS) is 1. The molecule has 0 rings (SSSR count). The summed E-state index contributed by atoms with van der Waals surface area (Å²) in [7, 11) is 0. The summed E-state index contributed by atoms with van der Waals surface area (Å²) in [5.41, 5.74) is 0.176. The summed E-state index contributed by atoms with van der Waals surface area (Å²) in [6, 6.07) is 0. The Balaban J connectivity index is 0. The van der Waals surface area contributed by atoms with E-state index in [0.29, 0.717) is 0 Å². The number of aliphatic carboxylic acids is 1. The molecule has 0 aliphatic rings. The van der Waals surface area contributed by atoms with Crippen LogP contribution in [-0.2, 0) is 4.79 Å². The van der Waals surface area contributed by atoms with Gasteiger partial charge in [-0.3, -0.25) is 0 Å². The van der Waals surface area contributed by atoms with E-state index in [0.717, 1.165) is 0 Å². The summed E-state index contributed by atoms with van der Waals surface area (Å²) >= 11 is -0.653. The Morgan fingerprint density at radius 1 is 1.23 bits per heavy atom. The predicted molar refractivity (Wildman–Crippen MR) is 59.6 cm³/mol. The van der Waals surface area contributed by atoms with Gasteiger partial charge >= 0.3 is 59.8 Å². The van der Waals surface area contributed by atoms with Crippen LogP contribution in [0, 0.1) is 0 Å². The molecule has 1 N–H and O–H groups in total. The molecule has 2 nitrogen and oxygen atoms in total. The maximum absolute atomic E-state index is 9.60. The van der Waals surface area contributed by atoms with Gasteiger partial charge in [0.05, 0.1) is 0 Å². The summed E-state index contributed by atoms with van der Waals surface area (Å²) in [4.78, 5) is 9.60. The molecule has 0 spiro atoms. The van der Waals surface area contributed by atoms with Crippen LogP contribution in [0.2, 0.25) is 13.3 Å². The van der Waals surface area contributed by atoms with Crippen LogP contribution in [-0.4, -0.2) is 30.8 Å². The Morgan fingerprint density at radius 2 is 1.46 bits per heavy atom. The average molecular weight is 292 g/mol. The molecule has 77 valence electrons. The van der Waals surface area contributed by atoms with Gasteiger partial charge in [-0.25, -0.2) is 4.79 Å². The molecule has 13 heavy (non-hydrogen) atoms. The molecule has 0 aliphatic carbocycles. The van der Waals surface area contributed by atoms with Gasteiger partial charge in [-0.1, -0.05) is 6.58 Å². The molecule has 0 amide bonds. The Morgan fingerprint density at radius 3 is 1.46 bits per heavy atom. The van der Waals surface area contributed by atoms with E-state index in [1.807, 2.05) is 0 Å². The molecule has 3 heteroatoms. The SMILES string of the molecule is C=C(C)C(=O)O.C[CH2][Sn]([CH2]C)[CH2]C. The number of hydrogen-bond acceptors (Lipinski definition) is 1. The van der Waals surface area contributed by atoms with Crippen LogP contribution in [0.15, 0.2) is 12.2 Å². The quantitative estimate of drug-likeness (QED) is 0.638. The summed E-state index contributed by atoms with van der Waals surface area (Å²) in [6.07, 6.45) is 0. The topological polar surface area (TPSA) is 37.3 Å². The van der Waals surface area contributed by atoms with Crippen molar-refractivity contribution in [2.45, 2.75) is 41.0 Å². The number of hydrogen-bond donors (Lipinski definition) is 1. The molecule has 0 bridgehead atoms. The van der Waals surface area contributed by atoms with Crippen molar-refractivity contribution in [2.75, 3.05) is 0 Å². The molecule has 0 unspecified atom stereocenters. The fourth-order valence-corrected chi connectivity index (χ4v) is 5.03. The van der Waals surface area contributed by atoms with Crippen molar-refractivity contribution in [3.63, 3.8) is 0 Å². The van der Waals surface area contributed by atoms with E-state index < -0.39 is 25.7 Å². The molecule has 0 aliphatic heterocycles. The van der Waals surface area contributed by atoms with Crippen LogP contribution in [0.5, 0.6) is 0 Å². The maximum atomic E-state index is 9.60. The third-order valence-corrected chi connectivity index (χ3v) is 10.4. The second-order valence-corrected chi connectivity index (χ2v) is 13.2. The Kier molecular flexibility index (Phi) is 12.0. The van der Waals surface area contributed by atoms with Gasteiger partial charge in [0, 0.05) is 5.57 Å². The first-order valence-electron chi connectivity index (χ1n) is 4.71. The minimum absolute atomic E-state index is 0.176. The van der Waals surface area contributed by atoms with Crippen LogP contribution in [0.25, 0.3) is 0 Å². The van der Waals surface area contributed by atoms with Gasteiger partial charge in [-0.05, 0) is 6.92 Å². The molecule has 0 aromatic heterocycles. The second kappa shape index (κ2) is 10.1. The molecule has 0 atom stereocenters. The van der Waals surface area contributed by atoms with Crippen LogP contribution >= 0.6 is 0 Å². The summed E-state index contributed by atoms with van der Waals surface area (Å²) in [5, 5.41) is 7.89. The van der Waals surface area contributed by atoms with Crippen molar-refractivity contribution < 1.29 is 9.90 Å². The van der Waals surface area contributed by atoms with E-state index in [9.17, 15) is 4.79 Å². The number of carboxylic acids is 1. The number of rotatable bonds is 4. The van der Waals surface area contributed by atoms with Gasteiger partial charge in [0.25, 0.3) is 0 Å². The fourth-order valence-electron chi connectivity index (χ4n) is 0.750. The number of carbonyl (C=O) groups is 1. The van der Waals surface area contributed by atoms with Gasteiger partial charge in [0.2, 0.25) is 0 Å². The van der Waals surface area contributed by atoms with Crippen molar-refractivity contribution in [3.8, 4) is 0 Å². The van der Waals surface area contributed by atoms with Crippen LogP contribution < -0.4 is 0 Å². The van der Waals surface area contributed by atoms with Crippen molar-refractivity contribution in [1.29, 1.82) is 0 Å². The van der Waals surface area contributed by atoms with Crippen molar-refractivity contribution in [3.05, 3.63) is 12.2 Å². The van der Waals surface area contributed by atoms with E-state index in [4.69, 9.17) is 5.11 Å². The first-order chi connectivity index (χ1) is 5.99. The molecule has 0 heterocycles. The average Bonchev–Trinajstić information content (AvgIpc) is 2.08. The predicted octanol–water partition coefficient (Wildman–Crippen LogP) is 3.19. The third kappa shape index (κ3) is 12.0. The van der Waals surface area contributed by atoms with Gasteiger partial charge in [0.1, 0.15) is 0 Å². The molecule has 1 radical (unpaired) electrons. The normalized spacial score (nSPS) is 9.00. The van der Waals surface area contributed by atoms with E-state index >= 15 is 0 Å². The van der Waals surface area contributed by atoms with Crippen molar-refractivity contribution >= 4 is 25.7 Å². The zero-order valence-corrected chi connectivity index (χ0v) is 12.0. The van der Waals surface area contributed by atoms with Gasteiger partial charge in [0.15, 0.2) is 0 Å². The summed E-state index contributed by atoms with van der Waals surface area (Å²) in [5.74, 6) is -0.935. The van der Waals surface area contributed by atoms with Gasteiger partial charge in [-0.15, -0.1) is 0 Å². The molecule has 0 aromatic carbocycles. The zero-order chi connectivity index (χ0) is 10.9. The Labute approximate surface area is 88.8 Å². The van der Waals surface area contributed by atoms with Crippen molar-refractivity contribution in [1.82, 2.24) is 0 Å². The minimum atomic E-state index is -0.935. The second-order valence-electron chi connectivity index (χ2n) is 2.90. The Bertz CT molecular complexity index is 133. The standard InChI is InChI=1S/C4H6O2.3C2H5.Sn/c1-3(2)4(5)6;3*1-2;/h1H2,2H3,(H,5,6);3*1H2,2H3;. The molecule has 0 saturated heterocycles. The van der Waals surface area contributed by atoms with E-state index in [1.165, 1.54) is 6.92 Å². The first-order valence-corrected chi connectivity index (χ1v) is 10.8. The van der Waals surface area contributed by atoms with Gasteiger partial charge < -0.3 is 5.11 Å². The molecule has 0 saturated carbocycles. The van der Waals surface area contributed by atoms with Crippen molar-refractivity contribution in [2.24, 2.45) is 0 Å². The molecular weight excluding hydrogens is 271 g/mol. The fraction of sp³-hybridized carbons (Fsp3) is 0.700. The van der Waals surface area contributed by atoms with Crippen LogP contribution in [0.1, 0.15) is 27.7 Å². The van der Waals surface area contributed by atoms with E-state index in [1.54, 1.807) is 13.3 Å². The zero-order valence-electron chi connectivity index (χ0n) is 9.18.